The lowest BCUT2D eigenvalue weighted by Gasteiger charge is -2.36. The maximum Gasteiger partial charge on any atom is 0.131 e. The maximum absolute atomic E-state index is 8.22. The number of halogens is 1. The zero-order valence-electron chi connectivity index (χ0n) is 17.5. The Balaban J connectivity index is 1.30. The molecule has 1 aliphatic rings. The predicted octanol–water partition coefficient (Wildman–Crippen LogP) is 5.29. The number of aromatic nitrogens is 1. The normalized spacial score (nSPS) is 14.8. The second kappa shape index (κ2) is 12.6. The minimum atomic E-state index is 0.557. The van der Waals surface area contributed by atoms with Gasteiger partial charge in [0.25, 0.3) is 0 Å². The first-order chi connectivity index (χ1) is 14.8. The van der Waals surface area contributed by atoms with Crippen LogP contribution >= 0.6 is 11.6 Å². The molecule has 0 aliphatic carbocycles. The smallest absolute Gasteiger partial charge is 0.131 e. The molecule has 8 heteroatoms. The first-order valence-corrected chi connectivity index (χ1v) is 11.3. The number of pyridine rings is 1. The molecule has 1 aliphatic heterocycles. The highest BCUT2D eigenvalue weighted by Gasteiger charge is 2.19. The lowest BCUT2D eigenvalue weighted by molar-refractivity contribution is 0.122. The molecule has 30 heavy (non-hydrogen) atoms. The van der Waals surface area contributed by atoms with Gasteiger partial charge in [-0.15, -0.1) is 0 Å². The van der Waals surface area contributed by atoms with Gasteiger partial charge in [-0.25, -0.2) is 4.98 Å². The molecule has 0 spiro atoms. The number of nitrogens with zero attached hydrogens (tertiary/aromatic N) is 6. The number of fused-ring (bicyclic) bond motifs is 1. The first-order valence-electron chi connectivity index (χ1n) is 10.9. The van der Waals surface area contributed by atoms with Gasteiger partial charge in [0.2, 0.25) is 0 Å². The number of unbranched alkanes of at least 4 members (excludes halogenated alkanes) is 3. The van der Waals surface area contributed by atoms with E-state index in [1.807, 2.05) is 18.2 Å². The molecule has 1 aromatic heterocycles. The molecule has 0 atom stereocenters. The van der Waals surface area contributed by atoms with Gasteiger partial charge in [0.15, 0.2) is 0 Å². The highest BCUT2D eigenvalue weighted by Crippen LogP contribution is 2.29. The molecule has 0 unspecified atom stereocenters. The summed E-state index contributed by atoms with van der Waals surface area (Å²) >= 11 is 6.25. The van der Waals surface area contributed by atoms with Crippen LogP contribution in [0, 0.1) is 0 Å². The molecule has 0 saturated carbocycles. The van der Waals surface area contributed by atoms with Gasteiger partial charge in [0, 0.05) is 61.9 Å². The van der Waals surface area contributed by atoms with Crippen molar-refractivity contribution in [3.8, 4) is 0 Å². The molecular formula is C22H31ClN6O. The van der Waals surface area contributed by atoms with Crippen LogP contribution in [0.15, 0.2) is 35.4 Å². The van der Waals surface area contributed by atoms with Gasteiger partial charge in [-0.2, -0.15) is 0 Å². The number of hydrogen-bond donors (Lipinski definition) is 0. The Hall–Kier alpha value is -2.05. The zero-order chi connectivity index (χ0) is 21.0. The Labute approximate surface area is 183 Å². The molecule has 1 saturated heterocycles. The Morgan fingerprint density at radius 3 is 2.60 bits per heavy atom. The van der Waals surface area contributed by atoms with Gasteiger partial charge in [0.1, 0.15) is 5.15 Å². The number of piperazine rings is 1. The van der Waals surface area contributed by atoms with E-state index in [0.29, 0.717) is 11.7 Å². The fourth-order valence-corrected chi connectivity index (χ4v) is 4.04. The minimum Gasteiger partial charge on any atom is -0.381 e. The summed E-state index contributed by atoms with van der Waals surface area (Å²) in [6.07, 6.45) is 5.31. The Kier molecular flexibility index (Phi) is 9.51. The lowest BCUT2D eigenvalue weighted by atomic mass is 10.1. The summed E-state index contributed by atoms with van der Waals surface area (Å²) < 4.78 is 5.71. The number of benzene rings is 1. The van der Waals surface area contributed by atoms with E-state index in [0.717, 1.165) is 77.1 Å². The van der Waals surface area contributed by atoms with E-state index in [-0.39, 0.29) is 0 Å². The van der Waals surface area contributed by atoms with Gasteiger partial charge in [-0.05, 0) is 49.9 Å². The van der Waals surface area contributed by atoms with Crippen molar-refractivity contribution in [3.05, 3.63) is 45.9 Å². The van der Waals surface area contributed by atoms with E-state index < -0.39 is 0 Å². The molecule has 0 bridgehead atoms. The number of ether oxygens (including phenoxy) is 1. The average Bonchev–Trinajstić information content (AvgIpc) is 2.77. The fourth-order valence-electron chi connectivity index (χ4n) is 3.85. The van der Waals surface area contributed by atoms with Crippen LogP contribution in [-0.4, -0.2) is 62.4 Å². The van der Waals surface area contributed by atoms with Crippen LogP contribution in [0.2, 0.25) is 5.15 Å². The highest BCUT2D eigenvalue weighted by molar-refractivity contribution is 6.30. The van der Waals surface area contributed by atoms with E-state index in [1.165, 1.54) is 17.5 Å². The van der Waals surface area contributed by atoms with Crippen LogP contribution in [0.4, 0.5) is 5.69 Å². The SMILES string of the molecule is [N-]=[N+]=NCCCCCOCCCCN1CCN(c2cc(Cl)nc3ccccc23)CC1. The number of hydrogen-bond acceptors (Lipinski definition) is 5. The number of para-hydroxylation sites is 1. The van der Waals surface area contributed by atoms with Crippen LogP contribution in [0.25, 0.3) is 21.3 Å². The largest absolute Gasteiger partial charge is 0.381 e. The molecule has 1 fully saturated rings. The topological polar surface area (TPSA) is 77.4 Å². The fraction of sp³-hybridized carbons (Fsp3) is 0.591. The third-order valence-electron chi connectivity index (χ3n) is 5.50. The summed E-state index contributed by atoms with van der Waals surface area (Å²) in [4.78, 5) is 12.2. The van der Waals surface area contributed by atoms with E-state index >= 15 is 0 Å². The van der Waals surface area contributed by atoms with Crippen LogP contribution in [0.5, 0.6) is 0 Å². The number of anilines is 1. The van der Waals surface area contributed by atoms with Crippen molar-refractivity contribution >= 4 is 28.2 Å². The highest BCUT2D eigenvalue weighted by atomic mass is 35.5. The van der Waals surface area contributed by atoms with Crippen molar-refractivity contribution in [2.24, 2.45) is 5.11 Å². The van der Waals surface area contributed by atoms with E-state index in [4.69, 9.17) is 21.9 Å². The molecule has 2 heterocycles. The van der Waals surface area contributed by atoms with Crippen molar-refractivity contribution < 1.29 is 4.74 Å². The van der Waals surface area contributed by atoms with Gasteiger partial charge < -0.3 is 9.64 Å². The Morgan fingerprint density at radius 2 is 1.80 bits per heavy atom. The van der Waals surface area contributed by atoms with Crippen molar-refractivity contribution in [1.82, 2.24) is 9.88 Å². The van der Waals surface area contributed by atoms with E-state index in [9.17, 15) is 0 Å². The molecular weight excluding hydrogens is 400 g/mol. The molecule has 0 amide bonds. The standard InChI is InChI=1S/C22H31ClN6O/c23-22-18-21(19-8-2-3-9-20(19)26-22)29-14-12-28(13-15-29)11-5-7-17-30-16-6-1-4-10-25-27-24/h2-3,8-9,18H,1,4-7,10-17H2. The van der Waals surface area contributed by atoms with Gasteiger partial charge in [-0.3, -0.25) is 4.90 Å². The summed E-state index contributed by atoms with van der Waals surface area (Å²) in [6, 6.07) is 10.2. The summed E-state index contributed by atoms with van der Waals surface area (Å²) in [6.45, 7) is 7.51. The molecule has 2 aromatic rings. The Bertz CT molecular complexity index is 833. The van der Waals surface area contributed by atoms with E-state index in [1.54, 1.807) is 0 Å². The van der Waals surface area contributed by atoms with Gasteiger partial charge in [-0.1, -0.05) is 41.3 Å². The lowest BCUT2D eigenvalue weighted by Crippen LogP contribution is -2.46. The van der Waals surface area contributed by atoms with Gasteiger partial charge >= 0.3 is 0 Å². The van der Waals surface area contributed by atoms with Crippen LogP contribution < -0.4 is 4.90 Å². The molecule has 1 aromatic carbocycles. The summed E-state index contributed by atoms with van der Waals surface area (Å²) in [7, 11) is 0. The number of rotatable bonds is 12. The van der Waals surface area contributed by atoms with Crippen LogP contribution in [0.1, 0.15) is 32.1 Å². The monoisotopic (exact) mass is 430 g/mol. The summed E-state index contributed by atoms with van der Waals surface area (Å²) in [5.41, 5.74) is 10.4. The van der Waals surface area contributed by atoms with Crippen molar-refractivity contribution in [1.29, 1.82) is 0 Å². The third-order valence-corrected chi connectivity index (χ3v) is 5.69. The van der Waals surface area contributed by atoms with Gasteiger partial charge in [0.05, 0.1) is 5.52 Å². The molecule has 0 radical (unpaired) electrons. The van der Waals surface area contributed by atoms with Crippen LogP contribution in [-0.2, 0) is 4.74 Å². The maximum atomic E-state index is 8.22. The average molecular weight is 431 g/mol. The quantitative estimate of drug-likeness (QED) is 0.151. The summed E-state index contributed by atoms with van der Waals surface area (Å²) in [5, 5.41) is 5.27. The minimum absolute atomic E-state index is 0.557. The summed E-state index contributed by atoms with van der Waals surface area (Å²) in [5.74, 6) is 0. The van der Waals surface area contributed by atoms with Crippen molar-refractivity contribution in [2.75, 3.05) is 57.4 Å². The Morgan fingerprint density at radius 1 is 1.03 bits per heavy atom. The number of azide groups is 1. The molecule has 0 N–H and O–H groups in total. The van der Waals surface area contributed by atoms with Crippen molar-refractivity contribution in [2.45, 2.75) is 32.1 Å². The third kappa shape index (κ3) is 7.03. The second-order valence-electron chi connectivity index (χ2n) is 7.64. The predicted molar refractivity (Wildman–Crippen MR) is 123 cm³/mol. The molecule has 3 rings (SSSR count). The first kappa shape index (κ1) is 22.6. The molecule has 7 nitrogen and oxygen atoms in total. The second-order valence-corrected chi connectivity index (χ2v) is 8.03. The van der Waals surface area contributed by atoms with E-state index in [2.05, 4.69) is 36.9 Å². The zero-order valence-corrected chi connectivity index (χ0v) is 18.3. The molecule has 162 valence electrons. The van der Waals surface area contributed by atoms with Crippen molar-refractivity contribution in [3.63, 3.8) is 0 Å². The van der Waals surface area contributed by atoms with Crippen LogP contribution in [0.3, 0.4) is 0 Å².